The Kier molecular flexibility index (Phi) is 5.66. The number of phenolic OH excluding ortho intramolecular Hbond substituents is 1. The first-order valence-corrected chi connectivity index (χ1v) is 7.96. The van der Waals surface area contributed by atoms with Crippen LogP contribution >= 0.6 is 0 Å². The van der Waals surface area contributed by atoms with Gasteiger partial charge in [0, 0.05) is 26.7 Å². The lowest BCUT2D eigenvalue weighted by Crippen LogP contribution is -2.38. The largest absolute Gasteiger partial charge is 0.508 e. The van der Waals surface area contributed by atoms with Crippen LogP contribution in [0.25, 0.3) is 0 Å². The number of H-pyrrole nitrogens is 1. The lowest BCUT2D eigenvalue weighted by Gasteiger charge is -2.25. The van der Waals surface area contributed by atoms with Crippen LogP contribution in [0.15, 0.2) is 33.9 Å². The molecule has 1 aromatic heterocycles. The molecule has 2 atom stereocenters. The second kappa shape index (κ2) is 7.54. The summed E-state index contributed by atoms with van der Waals surface area (Å²) in [5.41, 5.74) is 6.19. The van der Waals surface area contributed by atoms with Crippen molar-refractivity contribution in [3.63, 3.8) is 0 Å². The van der Waals surface area contributed by atoms with Gasteiger partial charge in [0.15, 0.2) is 0 Å². The average Bonchev–Trinajstić information content (AvgIpc) is 2.59. The van der Waals surface area contributed by atoms with Crippen molar-refractivity contribution in [2.75, 3.05) is 18.5 Å². The van der Waals surface area contributed by atoms with Gasteiger partial charge in [-0.1, -0.05) is 12.1 Å². The van der Waals surface area contributed by atoms with Crippen LogP contribution < -0.4 is 21.9 Å². The molecule has 0 spiro atoms. The van der Waals surface area contributed by atoms with E-state index in [0.717, 1.165) is 4.57 Å². The number of phenols is 1. The Morgan fingerprint density at radius 3 is 2.68 bits per heavy atom. The number of nitrogens with one attached hydrogen (secondary N) is 1. The van der Waals surface area contributed by atoms with Crippen molar-refractivity contribution >= 4 is 5.82 Å². The van der Waals surface area contributed by atoms with Gasteiger partial charge in [-0.2, -0.15) is 0 Å². The normalized spacial score (nSPS) is 13.5. The zero-order valence-electron chi connectivity index (χ0n) is 14.6. The van der Waals surface area contributed by atoms with E-state index < -0.39 is 17.8 Å². The minimum atomic E-state index is -0.927. The molecular weight excluding hydrogens is 324 g/mol. The number of nitrogens with zero attached hydrogens (tertiary/aromatic N) is 2. The summed E-state index contributed by atoms with van der Waals surface area (Å²) in [7, 11) is 3.16. The van der Waals surface area contributed by atoms with Gasteiger partial charge in [0.05, 0.1) is 11.7 Å². The molecule has 0 aliphatic heterocycles. The van der Waals surface area contributed by atoms with Gasteiger partial charge >= 0.3 is 5.69 Å². The molecule has 0 amide bonds. The molecule has 5 N–H and O–H groups in total. The number of aliphatic hydroxyl groups is 1. The van der Waals surface area contributed by atoms with Crippen LogP contribution in [-0.2, 0) is 7.05 Å². The molecule has 8 heteroatoms. The highest BCUT2D eigenvalue weighted by molar-refractivity contribution is 5.43. The molecule has 0 radical (unpaired) electrons. The Bertz CT molecular complexity index is 858. The fourth-order valence-electron chi connectivity index (χ4n) is 2.67. The van der Waals surface area contributed by atoms with Crippen molar-refractivity contribution in [2.45, 2.75) is 25.5 Å². The van der Waals surface area contributed by atoms with E-state index in [1.165, 1.54) is 19.2 Å². The number of hydrogen-bond acceptors (Lipinski definition) is 6. The number of anilines is 1. The van der Waals surface area contributed by atoms with Gasteiger partial charge in [-0.3, -0.25) is 14.3 Å². The van der Waals surface area contributed by atoms with E-state index in [2.05, 4.69) is 4.98 Å². The zero-order chi connectivity index (χ0) is 18.7. The lowest BCUT2D eigenvalue weighted by molar-refractivity contribution is 0.143. The molecule has 1 aromatic carbocycles. The first-order valence-electron chi connectivity index (χ1n) is 7.96. The van der Waals surface area contributed by atoms with Crippen LogP contribution in [0.1, 0.15) is 23.7 Å². The van der Waals surface area contributed by atoms with E-state index >= 15 is 0 Å². The van der Waals surface area contributed by atoms with Crippen LogP contribution in [0.5, 0.6) is 5.75 Å². The van der Waals surface area contributed by atoms with E-state index in [1.807, 2.05) is 0 Å². The van der Waals surface area contributed by atoms with Crippen molar-refractivity contribution in [1.82, 2.24) is 9.55 Å². The summed E-state index contributed by atoms with van der Waals surface area (Å²) in [5, 5.41) is 19.8. The summed E-state index contributed by atoms with van der Waals surface area (Å²) in [5.74, 6) is 0.501. The predicted octanol–water partition coefficient (Wildman–Crippen LogP) is -0.0252. The van der Waals surface area contributed by atoms with Gasteiger partial charge in [-0.15, -0.1) is 0 Å². The number of benzene rings is 1. The third kappa shape index (κ3) is 4.09. The molecule has 0 saturated heterocycles. The zero-order valence-corrected chi connectivity index (χ0v) is 14.6. The highest BCUT2D eigenvalue weighted by atomic mass is 16.3. The molecule has 8 nitrogen and oxygen atoms in total. The fourth-order valence-corrected chi connectivity index (χ4v) is 2.67. The number of rotatable bonds is 6. The number of aliphatic hydroxyl groups excluding tert-OH is 1. The molecule has 0 aliphatic carbocycles. The summed E-state index contributed by atoms with van der Waals surface area (Å²) in [4.78, 5) is 28.2. The second-order valence-corrected chi connectivity index (χ2v) is 6.18. The number of aromatic hydroxyl groups is 1. The predicted molar refractivity (Wildman–Crippen MR) is 96.0 cm³/mol. The quantitative estimate of drug-likeness (QED) is 0.581. The number of hydrogen-bond donors (Lipinski definition) is 4. The standard InChI is InChI=1S/C17H24N4O4/c1-10-15(19-17(25)21(3)16(10)24)20(2)8-7-13(18)14(23)11-5-4-6-12(22)9-11/h4-6,9,13-14,22-23H,7-8,18H2,1-3H3,(H,19,25). The molecule has 2 aromatic rings. The number of nitrogens with two attached hydrogens (primary N) is 1. The maximum atomic E-state index is 12.0. The smallest absolute Gasteiger partial charge is 0.329 e. The highest BCUT2D eigenvalue weighted by Gasteiger charge is 2.19. The average molecular weight is 348 g/mol. The fraction of sp³-hybridized carbons (Fsp3) is 0.412. The van der Waals surface area contributed by atoms with Crippen molar-refractivity contribution in [3.05, 3.63) is 56.2 Å². The Hall–Kier alpha value is -2.58. The van der Waals surface area contributed by atoms with Crippen LogP contribution in [0.2, 0.25) is 0 Å². The Morgan fingerprint density at radius 1 is 1.36 bits per heavy atom. The van der Waals surface area contributed by atoms with Gasteiger partial charge in [-0.05, 0) is 31.0 Å². The molecule has 0 aliphatic rings. The van der Waals surface area contributed by atoms with Crippen molar-refractivity contribution in [1.29, 1.82) is 0 Å². The van der Waals surface area contributed by atoms with Gasteiger partial charge < -0.3 is 20.8 Å². The van der Waals surface area contributed by atoms with Crippen LogP contribution in [-0.4, -0.2) is 39.4 Å². The highest BCUT2D eigenvalue weighted by Crippen LogP contribution is 2.22. The van der Waals surface area contributed by atoms with E-state index in [4.69, 9.17) is 5.73 Å². The topological polar surface area (TPSA) is 125 Å². The summed E-state index contributed by atoms with van der Waals surface area (Å²) < 4.78 is 1.02. The lowest BCUT2D eigenvalue weighted by atomic mass is 10.00. The molecule has 1 heterocycles. The van der Waals surface area contributed by atoms with Crippen molar-refractivity contribution in [3.8, 4) is 5.75 Å². The molecule has 0 fully saturated rings. The minimum absolute atomic E-state index is 0.0641. The third-order valence-corrected chi connectivity index (χ3v) is 4.31. The molecule has 25 heavy (non-hydrogen) atoms. The Labute approximate surface area is 145 Å². The first-order chi connectivity index (χ1) is 11.7. The minimum Gasteiger partial charge on any atom is -0.508 e. The Morgan fingerprint density at radius 2 is 2.04 bits per heavy atom. The van der Waals surface area contributed by atoms with E-state index in [1.54, 1.807) is 31.0 Å². The molecule has 136 valence electrons. The maximum absolute atomic E-state index is 12.0. The monoisotopic (exact) mass is 348 g/mol. The van der Waals surface area contributed by atoms with Crippen molar-refractivity contribution < 1.29 is 10.2 Å². The molecule has 2 unspecified atom stereocenters. The summed E-state index contributed by atoms with van der Waals surface area (Å²) in [6.45, 7) is 2.08. The maximum Gasteiger partial charge on any atom is 0.329 e. The van der Waals surface area contributed by atoms with E-state index in [-0.39, 0.29) is 11.3 Å². The second-order valence-electron chi connectivity index (χ2n) is 6.18. The van der Waals surface area contributed by atoms with E-state index in [0.29, 0.717) is 29.9 Å². The summed E-state index contributed by atoms with van der Waals surface area (Å²) in [6, 6.07) is 5.75. The van der Waals surface area contributed by atoms with Crippen LogP contribution in [0.4, 0.5) is 5.82 Å². The molecule has 0 bridgehead atoms. The van der Waals surface area contributed by atoms with Crippen LogP contribution in [0.3, 0.4) is 0 Å². The molecular formula is C17H24N4O4. The third-order valence-electron chi connectivity index (χ3n) is 4.31. The summed E-state index contributed by atoms with van der Waals surface area (Å²) in [6.07, 6.45) is -0.506. The molecule has 0 saturated carbocycles. The van der Waals surface area contributed by atoms with Crippen molar-refractivity contribution in [2.24, 2.45) is 12.8 Å². The molecule has 2 rings (SSSR count). The first kappa shape index (κ1) is 18.8. The number of aromatic amines is 1. The van der Waals surface area contributed by atoms with Gasteiger partial charge in [-0.25, -0.2) is 4.79 Å². The van der Waals surface area contributed by atoms with Crippen LogP contribution in [0, 0.1) is 6.92 Å². The van der Waals surface area contributed by atoms with Gasteiger partial charge in [0.25, 0.3) is 5.56 Å². The Balaban J connectivity index is 2.08. The number of aromatic nitrogens is 2. The van der Waals surface area contributed by atoms with Gasteiger partial charge in [0.1, 0.15) is 11.6 Å². The van der Waals surface area contributed by atoms with Gasteiger partial charge in [0.2, 0.25) is 0 Å². The SMILES string of the molecule is Cc1c(N(C)CCC(N)C(O)c2cccc(O)c2)[nH]c(=O)n(C)c1=O. The van der Waals surface area contributed by atoms with E-state index in [9.17, 15) is 19.8 Å². The summed E-state index contributed by atoms with van der Waals surface area (Å²) >= 11 is 0.